The summed E-state index contributed by atoms with van der Waals surface area (Å²) in [6, 6.07) is 0. The van der Waals surface area contributed by atoms with E-state index >= 15 is 0 Å². The molecule has 0 aromatic carbocycles. The molecule has 0 aliphatic heterocycles. The lowest BCUT2D eigenvalue weighted by Gasteiger charge is -2.14. The monoisotopic (exact) mass is 184 g/mol. The first-order chi connectivity index (χ1) is 4.34. The van der Waals surface area contributed by atoms with Crippen molar-refractivity contribution in [2.75, 3.05) is 0 Å². The van der Waals surface area contributed by atoms with Gasteiger partial charge in [0.25, 0.3) is 0 Å². The summed E-state index contributed by atoms with van der Waals surface area (Å²) in [7, 11) is 0. The van der Waals surface area contributed by atoms with Crippen LogP contribution in [0.1, 0.15) is 20.8 Å². The molecule has 60 valence electrons. The van der Waals surface area contributed by atoms with Gasteiger partial charge in [0.15, 0.2) is 0 Å². The Morgan fingerprint density at radius 2 is 1.90 bits per heavy atom. The smallest absolute Gasteiger partial charge is 0.342 e. The van der Waals surface area contributed by atoms with Crippen molar-refractivity contribution in [1.29, 1.82) is 0 Å². The number of alkyl halides is 2. The minimum atomic E-state index is -1.43. The van der Waals surface area contributed by atoms with Gasteiger partial charge in [0.2, 0.25) is 4.33 Å². The van der Waals surface area contributed by atoms with Crippen LogP contribution in [0.4, 0.5) is 0 Å². The summed E-state index contributed by atoms with van der Waals surface area (Å²) in [6.45, 7) is 4.84. The van der Waals surface area contributed by atoms with E-state index in [0.717, 1.165) is 0 Å². The van der Waals surface area contributed by atoms with Crippen LogP contribution < -0.4 is 0 Å². The first-order valence-corrected chi connectivity index (χ1v) is 3.68. The lowest BCUT2D eigenvalue weighted by atomic mass is 10.4. The van der Waals surface area contributed by atoms with Crippen LogP contribution in [0.2, 0.25) is 0 Å². The molecule has 0 aliphatic carbocycles. The number of carbonyl (C=O) groups is 1. The molecule has 0 spiro atoms. The summed E-state index contributed by atoms with van der Waals surface area (Å²) < 4.78 is 3.29. The van der Waals surface area contributed by atoms with Gasteiger partial charge in [0.05, 0.1) is 6.10 Å². The van der Waals surface area contributed by atoms with E-state index in [-0.39, 0.29) is 6.10 Å². The number of esters is 1. The largest absolute Gasteiger partial charge is 0.461 e. The fourth-order valence-corrected chi connectivity index (χ4v) is 0.407. The zero-order valence-corrected chi connectivity index (χ0v) is 7.66. The van der Waals surface area contributed by atoms with E-state index in [1.807, 2.05) is 0 Å². The zero-order chi connectivity index (χ0) is 8.36. The topological polar surface area (TPSA) is 26.3 Å². The molecule has 0 saturated carbocycles. The average Bonchev–Trinajstić information content (AvgIpc) is 1.60. The summed E-state index contributed by atoms with van der Waals surface area (Å²) >= 11 is 10.8. The van der Waals surface area contributed by atoms with Crippen molar-refractivity contribution in [2.24, 2.45) is 0 Å². The van der Waals surface area contributed by atoms with Crippen molar-refractivity contribution in [1.82, 2.24) is 0 Å². The highest BCUT2D eigenvalue weighted by Gasteiger charge is 2.29. The number of halogens is 2. The van der Waals surface area contributed by atoms with E-state index in [4.69, 9.17) is 27.9 Å². The number of ether oxygens (including phenoxy) is 1. The van der Waals surface area contributed by atoms with Gasteiger partial charge in [-0.15, -0.1) is 0 Å². The molecule has 0 aromatic rings. The van der Waals surface area contributed by atoms with Crippen molar-refractivity contribution in [2.45, 2.75) is 31.2 Å². The van der Waals surface area contributed by atoms with Crippen molar-refractivity contribution in [3.8, 4) is 0 Å². The molecule has 0 amide bonds. The molecular formula is C6H10Cl2O2. The first kappa shape index (κ1) is 10.0. The molecule has 0 aliphatic rings. The fourth-order valence-electron chi connectivity index (χ4n) is 0.318. The minimum Gasteiger partial charge on any atom is -0.461 e. The maximum Gasteiger partial charge on any atom is 0.342 e. The molecule has 0 bridgehead atoms. The van der Waals surface area contributed by atoms with Gasteiger partial charge in [-0.1, -0.05) is 23.2 Å². The predicted octanol–water partition coefficient (Wildman–Crippen LogP) is 2.13. The molecule has 4 heteroatoms. The molecule has 0 unspecified atom stereocenters. The van der Waals surface area contributed by atoms with Crippen LogP contribution >= 0.6 is 23.2 Å². The Bertz CT molecular complexity index is 126. The molecule has 0 fully saturated rings. The van der Waals surface area contributed by atoms with E-state index in [1.54, 1.807) is 13.8 Å². The summed E-state index contributed by atoms with van der Waals surface area (Å²) in [5.41, 5.74) is 0. The summed E-state index contributed by atoms with van der Waals surface area (Å²) in [6.07, 6.45) is -0.177. The maximum atomic E-state index is 10.8. The molecule has 2 nitrogen and oxygen atoms in total. The molecule has 10 heavy (non-hydrogen) atoms. The van der Waals surface area contributed by atoms with Gasteiger partial charge in [-0.3, -0.25) is 0 Å². The second-order valence-corrected chi connectivity index (χ2v) is 4.05. The van der Waals surface area contributed by atoms with Gasteiger partial charge in [-0.2, -0.15) is 0 Å². The van der Waals surface area contributed by atoms with E-state index in [1.165, 1.54) is 6.92 Å². The average molecular weight is 185 g/mol. The number of carbonyl (C=O) groups excluding carboxylic acids is 1. The highest BCUT2D eigenvalue weighted by molar-refractivity contribution is 6.57. The van der Waals surface area contributed by atoms with Crippen LogP contribution in [0.15, 0.2) is 0 Å². The lowest BCUT2D eigenvalue weighted by molar-refractivity contribution is -0.147. The van der Waals surface area contributed by atoms with Gasteiger partial charge in [-0.05, 0) is 20.8 Å². The third kappa shape index (κ3) is 3.96. The molecular weight excluding hydrogens is 175 g/mol. The Labute approximate surface area is 70.4 Å². The van der Waals surface area contributed by atoms with Crippen molar-refractivity contribution < 1.29 is 9.53 Å². The van der Waals surface area contributed by atoms with E-state index < -0.39 is 10.3 Å². The molecule has 0 radical (unpaired) electrons. The van der Waals surface area contributed by atoms with Crippen LogP contribution in [0.25, 0.3) is 0 Å². The highest BCUT2D eigenvalue weighted by Crippen LogP contribution is 2.21. The van der Waals surface area contributed by atoms with Gasteiger partial charge in [0.1, 0.15) is 0 Å². The molecule has 0 aromatic heterocycles. The summed E-state index contributed by atoms with van der Waals surface area (Å²) in [4.78, 5) is 10.8. The van der Waals surface area contributed by atoms with Gasteiger partial charge >= 0.3 is 5.97 Å². The highest BCUT2D eigenvalue weighted by atomic mass is 35.5. The lowest BCUT2D eigenvalue weighted by Crippen LogP contribution is -2.27. The Balaban J connectivity index is 3.87. The third-order valence-electron chi connectivity index (χ3n) is 0.701. The molecule has 0 atom stereocenters. The number of hydrogen-bond acceptors (Lipinski definition) is 2. The Hall–Kier alpha value is 0.0500. The van der Waals surface area contributed by atoms with Crippen LogP contribution in [0.5, 0.6) is 0 Å². The molecule has 0 N–H and O–H groups in total. The Morgan fingerprint density at radius 3 is 2.00 bits per heavy atom. The number of rotatable bonds is 2. The Kier molecular flexibility index (Phi) is 3.46. The molecule has 0 saturated heterocycles. The SMILES string of the molecule is CC(C)OC(=O)C(C)(Cl)Cl. The minimum absolute atomic E-state index is 0.177. The predicted molar refractivity (Wildman–Crippen MR) is 41.3 cm³/mol. The van der Waals surface area contributed by atoms with Gasteiger partial charge < -0.3 is 4.74 Å². The van der Waals surface area contributed by atoms with Crippen LogP contribution in [0.3, 0.4) is 0 Å². The van der Waals surface area contributed by atoms with E-state index in [2.05, 4.69) is 0 Å². The summed E-state index contributed by atoms with van der Waals surface area (Å²) in [5, 5.41) is 0. The fraction of sp³-hybridized carbons (Fsp3) is 0.833. The second-order valence-electron chi connectivity index (χ2n) is 2.34. The summed E-state index contributed by atoms with van der Waals surface area (Å²) in [5.74, 6) is -0.606. The van der Waals surface area contributed by atoms with Crippen LogP contribution in [0, 0.1) is 0 Å². The third-order valence-corrected chi connectivity index (χ3v) is 1.01. The number of hydrogen-bond donors (Lipinski definition) is 0. The van der Waals surface area contributed by atoms with Gasteiger partial charge in [-0.25, -0.2) is 4.79 Å². The molecule has 0 rings (SSSR count). The first-order valence-electron chi connectivity index (χ1n) is 2.93. The quantitative estimate of drug-likeness (QED) is 0.486. The van der Waals surface area contributed by atoms with Crippen molar-refractivity contribution in [3.63, 3.8) is 0 Å². The van der Waals surface area contributed by atoms with Gasteiger partial charge in [0, 0.05) is 0 Å². The van der Waals surface area contributed by atoms with Crippen molar-refractivity contribution >= 4 is 29.2 Å². The zero-order valence-electron chi connectivity index (χ0n) is 6.15. The van der Waals surface area contributed by atoms with Crippen molar-refractivity contribution in [3.05, 3.63) is 0 Å². The second kappa shape index (κ2) is 3.44. The van der Waals surface area contributed by atoms with Crippen LogP contribution in [-0.4, -0.2) is 16.4 Å². The standard InChI is InChI=1S/C6H10Cl2O2/c1-4(2)10-5(9)6(3,7)8/h4H,1-3H3. The van der Waals surface area contributed by atoms with E-state index in [0.29, 0.717) is 0 Å². The van der Waals surface area contributed by atoms with Crippen LogP contribution in [-0.2, 0) is 9.53 Å². The normalized spacial score (nSPS) is 11.8. The Morgan fingerprint density at radius 1 is 1.50 bits per heavy atom. The molecule has 0 heterocycles. The van der Waals surface area contributed by atoms with E-state index in [9.17, 15) is 4.79 Å². The maximum absolute atomic E-state index is 10.8.